The average molecular weight is 298 g/mol. The first kappa shape index (κ1) is 15.2. The van der Waals surface area contributed by atoms with Gasteiger partial charge in [-0.15, -0.1) is 0 Å². The summed E-state index contributed by atoms with van der Waals surface area (Å²) >= 11 is 0. The molecular weight excluding hydrogens is 284 g/mol. The Labute approximate surface area is 117 Å². The van der Waals surface area contributed by atoms with E-state index in [2.05, 4.69) is 0 Å². The molecular formula is C12H14N2O7. The molecule has 9 heteroatoms. The van der Waals surface area contributed by atoms with Crippen molar-refractivity contribution in [1.29, 1.82) is 0 Å². The monoisotopic (exact) mass is 298 g/mol. The molecule has 1 aliphatic rings. The number of aliphatic hydroxyl groups is 2. The van der Waals surface area contributed by atoms with Gasteiger partial charge in [-0.3, -0.25) is 14.3 Å². The molecule has 2 rings (SSSR count). The molecule has 0 bridgehead atoms. The van der Waals surface area contributed by atoms with E-state index < -0.39 is 35.7 Å². The Bertz CT molecular complexity index is 675. The van der Waals surface area contributed by atoms with Crippen molar-refractivity contribution >= 4 is 12.0 Å². The molecule has 0 spiro atoms. The minimum absolute atomic E-state index is 0.0692. The van der Waals surface area contributed by atoms with Crippen molar-refractivity contribution in [2.24, 2.45) is 0 Å². The van der Waals surface area contributed by atoms with Crippen LogP contribution in [0.4, 0.5) is 0 Å². The van der Waals surface area contributed by atoms with Crippen molar-refractivity contribution in [2.45, 2.75) is 24.9 Å². The second kappa shape index (κ2) is 6.04. The molecule has 1 aromatic heterocycles. The minimum Gasteiger partial charge on any atom is -0.478 e. The molecule has 114 valence electrons. The van der Waals surface area contributed by atoms with Crippen LogP contribution < -0.4 is 11.2 Å². The molecule has 3 atom stereocenters. The van der Waals surface area contributed by atoms with Gasteiger partial charge in [0.25, 0.3) is 5.56 Å². The van der Waals surface area contributed by atoms with Crippen molar-refractivity contribution in [3.63, 3.8) is 0 Å². The molecule has 2 heterocycles. The van der Waals surface area contributed by atoms with Gasteiger partial charge in [0.05, 0.1) is 18.3 Å². The normalized spacial score (nSPS) is 25.5. The van der Waals surface area contributed by atoms with Crippen LogP contribution in [-0.4, -0.2) is 49.7 Å². The summed E-state index contributed by atoms with van der Waals surface area (Å²) in [6.45, 7) is -0.308. The molecule has 1 fully saturated rings. The third-order valence-corrected chi connectivity index (χ3v) is 3.04. The van der Waals surface area contributed by atoms with Gasteiger partial charge in [0, 0.05) is 18.7 Å². The Hall–Kier alpha value is -2.23. The number of nitrogens with one attached hydrogen (secondary N) is 1. The molecule has 9 nitrogen and oxygen atoms in total. The molecule has 0 radical (unpaired) electrons. The molecule has 21 heavy (non-hydrogen) atoms. The van der Waals surface area contributed by atoms with E-state index in [-0.39, 0.29) is 18.6 Å². The number of carboxylic acids is 1. The van der Waals surface area contributed by atoms with Gasteiger partial charge >= 0.3 is 11.7 Å². The molecule has 1 aliphatic heterocycles. The van der Waals surface area contributed by atoms with E-state index in [0.29, 0.717) is 0 Å². The highest BCUT2D eigenvalue weighted by Gasteiger charge is 2.35. The predicted octanol–water partition coefficient (Wildman–Crippen LogP) is -1.72. The SMILES string of the molecule is O=C(O)/C=C/c1cn([C@@H]2O[C@H](CO)C[C@H]2O)c(=O)[nH]c1=O. The summed E-state index contributed by atoms with van der Waals surface area (Å²) < 4.78 is 6.27. The van der Waals surface area contributed by atoms with E-state index in [9.17, 15) is 19.5 Å². The smallest absolute Gasteiger partial charge is 0.330 e. The van der Waals surface area contributed by atoms with Crippen molar-refractivity contribution < 1.29 is 24.9 Å². The van der Waals surface area contributed by atoms with Crippen LogP contribution >= 0.6 is 0 Å². The molecule has 4 N–H and O–H groups in total. The lowest BCUT2D eigenvalue weighted by atomic mass is 10.2. The van der Waals surface area contributed by atoms with Crippen LogP contribution in [0.3, 0.4) is 0 Å². The summed E-state index contributed by atoms with van der Waals surface area (Å²) in [5.41, 5.74) is -1.62. The predicted molar refractivity (Wildman–Crippen MR) is 69.6 cm³/mol. The quantitative estimate of drug-likeness (QED) is 0.484. The lowest BCUT2D eigenvalue weighted by Gasteiger charge is -2.17. The molecule has 1 saturated heterocycles. The van der Waals surface area contributed by atoms with Gasteiger partial charge < -0.3 is 20.1 Å². The zero-order valence-corrected chi connectivity index (χ0v) is 10.8. The third-order valence-electron chi connectivity index (χ3n) is 3.04. The van der Waals surface area contributed by atoms with Crippen LogP contribution in [0.1, 0.15) is 18.2 Å². The Morgan fingerprint density at radius 1 is 1.52 bits per heavy atom. The summed E-state index contributed by atoms with van der Waals surface area (Å²) in [5.74, 6) is -1.25. The second-order valence-corrected chi connectivity index (χ2v) is 4.56. The number of rotatable bonds is 4. The molecule has 0 saturated carbocycles. The van der Waals surface area contributed by atoms with Gasteiger partial charge in [-0.1, -0.05) is 0 Å². The van der Waals surface area contributed by atoms with Crippen molar-refractivity contribution in [1.82, 2.24) is 9.55 Å². The zero-order valence-electron chi connectivity index (χ0n) is 10.8. The number of nitrogens with zero attached hydrogens (tertiary/aromatic N) is 1. The van der Waals surface area contributed by atoms with E-state index in [4.69, 9.17) is 14.9 Å². The molecule has 1 aromatic rings. The fourth-order valence-electron chi connectivity index (χ4n) is 2.07. The number of aromatic nitrogens is 2. The maximum absolute atomic E-state index is 11.8. The van der Waals surface area contributed by atoms with Gasteiger partial charge in [0.2, 0.25) is 0 Å². The molecule has 0 amide bonds. The summed E-state index contributed by atoms with van der Waals surface area (Å²) in [6.07, 6.45) is 0.345. The van der Waals surface area contributed by atoms with Gasteiger partial charge in [0.15, 0.2) is 6.23 Å². The average Bonchev–Trinajstić information content (AvgIpc) is 2.79. The van der Waals surface area contributed by atoms with Crippen LogP contribution in [0, 0.1) is 0 Å². The summed E-state index contributed by atoms with van der Waals surface area (Å²) in [5, 5.41) is 27.4. The molecule has 0 aliphatic carbocycles. The second-order valence-electron chi connectivity index (χ2n) is 4.56. The van der Waals surface area contributed by atoms with Gasteiger partial charge in [-0.2, -0.15) is 0 Å². The van der Waals surface area contributed by atoms with Crippen molar-refractivity contribution in [3.05, 3.63) is 38.7 Å². The number of hydrogen-bond donors (Lipinski definition) is 4. The van der Waals surface area contributed by atoms with Crippen LogP contribution in [-0.2, 0) is 9.53 Å². The van der Waals surface area contributed by atoms with Crippen molar-refractivity contribution in [2.75, 3.05) is 6.61 Å². The lowest BCUT2D eigenvalue weighted by molar-refractivity contribution is -0.131. The van der Waals surface area contributed by atoms with Crippen molar-refractivity contribution in [3.8, 4) is 0 Å². The van der Waals surface area contributed by atoms with Crippen LogP contribution in [0.15, 0.2) is 21.9 Å². The zero-order chi connectivity index (χ0) is 15.6. The van der Waals surface area contributed by atoms with E-state index in [1.807, 2.05) is 4.98 Å². The number of aromatic amines is 1. The highest BCUT2D eigenvalue weighted by atomic mass is 16.5. The minimum atomic E-state index is -1.25. The Balaban J connectivity index is 2.40. The number of carboxylic acid groups (broad SMARTS) is 1. The van der Waals surface area contributed by atoms with Crippen LogP contribution in [0.2, 0.25) is 0 Å². The van der Waals surface area contributed by atoms with E-state index in [1.165, 1.54) is 0 Å². The van der Waals surface area contributed by atoms with Gasteiger partial charge in [-0.25, -0.2) is 9.59 Å². The van der Waals surface area contributed by atoms with E-state index in [0.717, 1.165) is 22.9 Å². The highest BCUT2D eigenvalue weighted by Crippen LogP contribution is 2.27. The summed E-state index contributed by atoms with van der Waals surface area (Å²) in [7, 11) is 0. The fourth-order valence-corrected chi connectivity index (χ4v) is 2.07. The first-order valence-corrected chi connectivity index (χ1v) is 6.13. The maximum atomic E-state index is 11.8. The lowest BCUT2D eigenvalue weighted by Crippen LogP contribution is -2.36. The first-order chi connectivity index (χ1) is 9.92. The highest BCUT2D eigenvalue weighted by molar-refractivity contribution is 5.85. The van der Waals surface area contributed by atoms with E-state index in [1.54, 1.807) is 0 Å². The maximum Gasteiger partial charge on any atom is 0.330 e. The number of aliphatic carboxylic acids is 1. The van der Waals surface area contributed by atoms with Gasteiger partial charge in [0.1, 0.15) is 6.10 Å². The molecule has 0 unspecified atom stereocenters. The number of ether oxygens (including phenoxy) is 1. The summed E-state index contributed by atoms with van der Waals surface area (Å²) in [6, 6.07) is 0. The Morgan fingerprint density at radius 3 is 2.81 bits per heavy atom. The summed E-state index contributed by atoms with van der Waals surface area (Å²) in [4.78, 5) is 35.8. The number of hydrogen-bond acceptors (Lipinski definition) is 6. The first-order valence-electron chi connectivity index (χ1n) is 6.13. The van der Waals surface area contributed by atoms with Crippen LogP contribution in [0.5, 0.6) is 0 Å². The van der Waals surface area contributed by atoms with Crippen LogP contribution in [0.25, 0.3) is 6.08 Å². The largest absolute Gasteiger partial charge is 0.478 e. The Morgan fingerprint density at radius 2 is 2.24 bits per heavy atom. The van der Waals surface area contributed by atoms with Gasteiger partial charge in [-0.05, 0) is 6.08 Å². The number of aliphatic hydroxyl groups excluding tert-OH is 2. The third kappa shape index (κ3) is 3.27. The fraction of sp³-hybridized carbons (Fsp3) is 0.417. The molecule has 0 aromatic carbocycles. The number of carbonyl (C=O) groups is 1. The Kier molecular flexibility index (Phi) is 4.36. The standard InChI is InChI=1S/C12H14N2O7/c15-5-7-3-8(16)11(21-7)14-4-6(1-2-9(17)18)10(19)13-12(14)20/h1-2,4,7-8,11,15-16H,3,5H2,(H,17,18)(H,13,19,20)/b2-1+/t7-,8+,11+/m0/s1. The number of H-pyrrole nitrogens is 1. The topological polar surface area (TPSA) is 142 Å². The van der Waals surface area contributed by atoms with E-state index >= 15 is 0 Å².